The van der Waals surface area contributed by atoms with E-state index in [2.05, 4.69) is 20.7 Å². The van der Waals surface area contributed by atoms with E-state index in [9.17, 15) is 32.0 Å². The molecule has 17 heteroatoms. The molecule has 0 spiro atoms. The van der Waals surface area contributed by atoms with Crippen molar-refractivity contribution in [2.24, 2.45) is 0 Å². The molecule has 0 bridgehead atoms. The second-order valence-electron chi connectivity index (χ2n) is 14.6. The quantitative estimate of drug-likeness (QED) is 0.103. The number of hydrogen-bond donors (Lipinski definition) is 4. The zero-order valence-corrected chi connectivity index (χ0v) is 33.8. The molecule has 4 N–H and O–H groups in total. The first kappa shape index (κ1) is 43.6. The third-order valence-corrected chi connectivity index (χ3v) is 12.0. The highest BCUT2D eigenvalue weighted by molar-refractivity contribution is 7.89. The maximum Gasteiger partial charge on any atom is 0.410 e. The maximum absolute atomic E-state index is 14.4. The van der Waals surface area contributed by atoms with Crippen molar-refractivity contribution >= 4 is 39.7 Å². The number of amides is 4. The summed E-state index contributed by atoms with van der Waals surface area (Å²) in [6.45, 7) is 4.93. The third kappa shape index (κ3) is 12.3. The lowest BCUT2D eigenvalue weighted by atomic mass is 10.0. The highest BCUT2D eigenvalue weighted by atomic mass is 32.2. The zero-order valence-electron chi connectivity index (χ0n) is 32.9. The normalized spacial score (nSPS) is 18.6. The fraction of sp³-hybridized carbons (Fsp3) is 0.600. The summed E-state index contributed by atoms with van der Waals surface area (Å²) in [5.74, 6) is -1.24. The molecular weight excluding hydrogens is 760 g/mol. The summed E-state index contributed by atoms with van der Waals surface area (Å²) >= 11 is 0. The smallest absolute Gasteiger partial charge is 0.410 e. The van der Waals surface area contributed by atoms with Gasteiger partial charge in [-0.2, -0.15) is 4.72 Å². The van der Waals surface area contributed by atoms with Crippen LogP contribution in [-0.4, -0.2) is 99.5 Å². The van der Waals surface area contributed by atoms with E-state index in [1.807, 2.05) is 0 Å². The first-order chi connectivity index (χ1) is 27.5. The van der Waals surface area contributed by atoms with Gasteiger partial charge in [0, 0.05) is 38.2 Å². The number of para-hydroxylation sites is 1. The highest BCUT2D eigenvalue weighted by Gasteiger charge is 2.44. The van der Waals surface area contributed by atoms with Crippen LogP contribution in [0.2, 0.25) is 0 Å². The topological polar surface area (TPSA) is 185 Å². The Morgan fingerprint density at radius 3 is 2.42 bits per heavy atom. The number of nitrogens with zero attached hydrogens (tertiary/aromatic N) is 2. The van der Waals surface area contributed by atoms with Crippen molar-refractivity contribution < 1.29 is 46.2 Å². The highest BCUT2D eigenvalue weighted by Crippen LogP contribution is 2.29. The van der Waals surface area contributed by atoms with Gasteiger partial charge in [-0.25, -0.2) is 22.4 Å². The summed E-state index contributed by atoms with van der Waals surface area (Å²) < 4.78 is 58.9. The van der Waals surface area contributed by atoms with Crippen LogP contribution in [0.15, 0.2) is 47.4 Å². The molecule has 1 aliphatic carbocycles. The van der Waals surface area contributed by atoms with Crippen LogP contribution in [0.5, 0.6) is 0 Å². The molecule has 2 aromatic carbocycles. The molecule has 5 rings (SSSR count). The van der Waals surface area contributed by atoms with E-state index in [0.29, 0.717) is 49.4 Å². The molecule has 314 valence electrons. The molecule has 15 nitrogen and oxygen atoms in total. The first-order valence-electron chi connectivity index (χ1n) is 20.2. The van der Waals surface area contributed by atoms with Gasteiger partial charge in [-0.3, -0.25) is 14.5 Å². The van der Waals surface area contributed by atoms with Gasteiger partial charge in [0.1, 0.15) is 41.7 Å². The van der Waals surface area contributed by atoms with E-state index in [4.69, 9.17) is 14.2 Å². The number of benzene rings is 2. The lowest BCUT2D eigenvalue weighted by molar-refractivity contribution is -0.140. The Morgan fingerprint density at radius 2 is 1.67 bits per heavy atom. The van der Waals surface area contributed by atoms with E-state index >= 15 is 0 Å². The second-order valence-corrected chi connectivity index (χ2v) is 16.4. The molecule has 1 saturated carbocycles. The molecule has 2 fully saturated rings. The summed E-state index contributed by atoms with van der Waals surface area (Å²) in [5, 5.41) is 8.78. The Morgan fingerprint density at radius 1 is 0.912 bits per heavy atom. The largest absolute Gasteiger partial charge is 0.446 e. The fourth-order valence-electron chi connectivity index (χ4n) is 7.56. The van der Waals surface area contributed by atoms with E-state index < -0.39 is 52.1 Å². The van der Waals surface area contributed by atoms with E-state index in [1.54, 1.807) is 44.2 Å². The molecular formula is C40H57FN6O9S. The van der Waals surface area contributed by atoms with Crippen LogP contribution in [0.25, 0.3) is 0 Å². The van der Waals surface area contributed by atoms with Crippen LogP contribution in [-0.2, 0) is 46.9 Å². The number of halogens is 1. The second kappa shape index (κ2) is 21.3. The molecule has 0 unspecified atom stereocenters. The standard InChI is InChI=1S/C40H57FN6O9S/c1-3-42-37(48)35-23-30(56-40(51)46-24-28-15-14-18-32(41)31(28)26-46)25-47(35)38(49)34(45-39(50)55-29-16-9-10-17-29)20-8-6-5-7-13-22-43-33-19-11-12-21-36(33)57(52,53)44-27-54-4-2/h11-12,14-15,18-19,21,29-30,34-35,43-44H,3-10,13,16-17,20,22-27H2,1-2H3,(H,42,48)(H,45,50)/t30-,34+,35+/m1/s1. The number of alkyl carbamates (subject to hydrolysis) is 1. The van der Waals surface area contributed by atoms with Gasteiger partial charge < -0.3 is 35.1 Å². The van der Waals surface area contributed by atoms with Gasteiger partial charge in [0.15, 0.2) is 0 Å². The lowest BCUT2D eigenvalue weighted by Crippen LogP contribution is -2.53. The molecule has 0 aromatic heterocycles. The van der Waals surface area contributed by atoms with Crippen LogP contribution in [0.1, 0.15) is 95.6 Å². The minimum Gasteiger partial charge on any atom is -0.446 e. The Kier molecular flexibility index (Phi) is 16.3. The number of ether oxygens (including phenoxy) is 3. The van der Waals surface area contributed by atoms with Gasteiger partial charge in [0.05, 0.1) is 18.8 Å². The van der Waals surface area contributed by atoms with E-state index in [1.165, 1.54) is 21.9 Å². The zero-order chi connectivity index (χ0) is 40.8. The minimum absolute atomic E-state index is 0.0443. The SMILES string of the molecule is CCNC(=O)[C@@H]1C[C@@H](OC(=O)N2Cc3cccc(F)c3C2)CN1C(=O)[C@H](CCCCCCCNc1ccccc1S(=O)(=O)NCOCC)NC(=O)OC1CCCC1. The fourth-order valence-corrected chi connectivity index (χ4v) is 8.64. The van der Waals surface area contributed by atoms with Crippen LogP contribution in [0, 0.1) is 5.82 Å². The maximum atomic E-state index is 14.4. The molecule has 2 heterocycles. The van der Waals surface area contributed by atoms with Gasteiger partial charge >= 0.3 is 12.2 Å². The number of likely N-dealkylation sites (tertiary alicyclic amines) is 1. The van der Waals surface area contributed by atoms with Crippen LogP contribution >= 0.6 is 0 Å². The lowest BCUT2D eigenvalue weighted by Gasteiger charge is -2.28. The van der Waals surface area contributed by atoms with Crippen molar-refractivity contribution in [3.8, 4) is 0 Å². The molecule has 2 aromatic rings. The first-order valence-corrected chi connectivity index (χ1v) is 21.7. The van der Waals surface area contributed by atoms with Gasteiger partial charge in [-0.15, -0.1) is 0 Å². The van der Waals surface area contributed by atoms with Crippen LogP contribution in [0.4, 0.5) is 19.7 Å². The monoisotopic (exact) mass is 816 g/mol. The number of likely N-dealkylation sites (N-methyl/N-ethyl adjacent to an activating group) is 1. The van der Waals surface area contributed by atoms with Crippen molar-refractivity contribution in [2.45, 2.75) is 127 Å². The van der Waals surface area contributed by atoms with Crippen molar-refractivity contribution in [3.63, 3.8) is 0 Å². The number of sulfonamides is 1. The number of unbranched alkanes of at least 4 members (excludes halogenated alkanes) is 4. The molecule has 3 aliphatic rings. The number of anilines is 1. The van der Waals surface area contributed by atoms with Crippen molar-refractivity contribution in [1.82, 2.24) is 25.2 Å². The summed E-state index contributed by atoms with van der Waals surface area (Å²) in [5.41, 5.74) is 1.64. The Bertz CT molecular complexity index is 1790. The number of fused-ring (bicyclic) bond motifs is 1. The number of rotatable bonds is 20. The van der Waals surface area contributed by atoms with Crippen LogP contribution < -0.4 is 20.7 Å². The number of carbonyl (C=O) groups is 4. The minimum atomic E-state index is -3.75. The molecule has 4 amide bonds. The van der Waals surface area contributed by atoms with E-state index in [0.717, 1.165) is 51.4 Å². The van der Waals surface area contributed by atoms with Crippen LogP contribution in [0.3, 0.4) is 0 Å². The Labute approximate surface area is 334 Å². The third-order valence-electron chi connectivity index (χ3n) is 10.5. The summed E-state index contributed by atoms with van der Waals surface area (Å²) in [7, 11) is -3.75. The molecule has 57 heavy (non-hydrogen) atoms. The van der Waals surface area contributed by atoms with Gasteiger partial charge in [0.25, 0.3) is 0 Å². The van der Waals surface area contributed by atoms with Gasteiger partial charge in [-0.1, -0.05) is 49.9 Å². The van der Waals surface area contributed by atoms with Gasteiger partial charge in [-0.05, 0) is 76.1 Å². The number of nitrogens with one attached hydrogen (secondary N) is 4. The average molecular weight is 817 g/mol. The summed E-state index contributed by atoms with van der Waals surface area (Å²) in [6.07, 6.45) is 5.30. The number of hydrogen-bond acceptors (Lipinski definition) is 10. The predicted molar refractivity (Wildman–Crippen MR) is 210 cm³/mol. The van der Waals surface area contributed by atoms with Crippen molar-refractivity contribution in [3.05, 3.63) is 59.4 Å². The van der Waals surface area contributed by atoms with E-state index in [-0.39, 0.29) is 49.7 Å². The molecule has 3 atom stereocenters. The molecule has 2 aliphatic heterocycles. The molecule has 0 radical (unpaired) electrons. The summed E-state index contributed by atoms with van der Waals surface area (Å²) in [4.78, 5) is 56.7. The summed E-state index contributed by atoms with van der Waals surface area (Å²) in [6, 6.07) is 9.49. The Hall–Kier alpha value is -4.48. The van der Waals surface area contributed by atoms with Gasteiger partial charge in [0.2, 0.25) is 21.8 Å². The predicted octanol–water partition coefficient (Wildman–Crippen LogP) is 5.15. The van der Waals surface area contributed by atoms with Crippen molar-refractivity contribution in [1.29, 1.82) is 0 Å². The number of carbonyl (C=O) groups excluding carboxylic acids is 4. The Balaban J connectivity index is 1.15. The average Bonchev–Trinajstić information content (AvgIpc) is 3.97. The molecule has 1 saturated heterocycles. The van der Waals surface area contributed by atoms with Crippen molar-refractivity contribution in [2.75, 3.05) is 38.3 Å².